The first-order chi connectivity index (χ1) is 3.73. The number of Topliss-reactive ketones (excluding diaryl/α,β-unsaturated/α-hetero) is 1. The second-order valence-corrected chi connectivity index (χ2v) is 3.42. The van der Waals surface area contributed by atoms with Crippen LogP contribution in [0.25, 0.3) is 0 Å². The zero-order chi connectivity index (χ0) is 8.08. The topological polar surface area (TPSA) is 68.8 Å². The first kappa shape index (κ1) is 16.6. The standard InChI is InChI=1S/C3H6O.C2H4Cl2O.H2O/c1-3(2)4;1-2(3,4)5;/h1-2H3;5H,1H3;1H2. The predicted octanol–water partition coefficient (Wildman–Crippen LogP) is 0.901. The molecule has 0 aromatic rings. The quantitative estimate of drug-likeness (QED) is 0.578. The van der Waals surface area contributed by atoms with Gasteiger partial charge in [-0.25, -0.2) is 0 Å². The van der Waals surface area contributed by atoms with Crippen molar-refractivity contribution in [2.24, 2.45) is 0 Å². The van der Waals surface area contributed by atoms with Gasteiger partial charge in [-0.05, 0) is 20.8 Å². The summed E-state index contributed by atoms with van der Waals surface area (Å²) in [6.45, 7) is 4.33. The maximum Gasteiger partial charge on any atom is 0.212 e. The van der Waals surface area contributed by atoms with E-state index in [0.29, 0.717) is 0 Å². The van der Waals surface area contributed by atoms with E-state index >= 15 is 0 Å². The highest BCUT2D eigenvalue weighted by molar-refractivity contribution is 6.46. The molecular formula is C5H12Cl2O3. The summed E-state index contributed by atoms with van der Waals surface area (Å²) in [7, 11) is 0. The van der Waals surface area contributed by atoms with Crippen LogP contribution in [0, 0.1) is 0 Å². The van der Waals surface area contributed by atoms with Crippen LogP contribution in [0.2, 0.25) is 0 Å². The largest absolute Gasteiger partial charge is 0.412 e. The van der Waals surface area contributed by atoms with Crippen LogP contribution in [0.1, 0.15) is 20.8 Å². The molecule has 0 saturated carbocycles. The number of carbonyl (C=O) groups excluding carboxylic acids is 1. The maximum atomic E-state index is 9.44. The van der Waals surface area contributed by atoms with Crippen LogP contribution < -0.4 is 0 Å². The van der Waals surface area contributed by atoms with Gasteiger partial charge in [-0.3, -0.25) is 0 Å². The van der Waals surface area contributed by atoms with Gasteiger partial charge in [0.25, 0.3) is 0 Å². The normalized spacial score (nSPS) is 8.60. The summed E-state index contributed by atoms with van der Waals surface area (Å²) in [5.41, 5.74) is 0. The molecule has 0 aromatic carbocycles. The number of hydrogen-bond acceptors (Lipinski definition) is 2. The molecule has 64 valence electrons. The fourth-order valence-electron chi connectivity index (χ4n) is 0. The van der Waals surface area contributed by atoms with Crippen molar-refractivity contribution in [2.75, 3.05) is 0 Å². The van der Waals surface area contributed by atoms with Gasteiger partial charge in [-0.2, -0.15) is 0 Å². The highest BCUT2D eigenvalue weighted by Gasteiger charge is 2.05. The fraction of sp³-hybridized carbons (Fsp3) is 0.800. The molecule has 0 aliphatic rings. The predicted molar refractivity (Wildman–Crippen MR) is 42.3 cm³/mol. The van der Waals surface area contributed by atoms with E-state index in [1.165, 1.54) is 20.8 Å². The van der Waals surface area contributed by atoms with Crippen LogP contribution in [-0.2, 0) is 4.79 Å². The molecule has 0 rings (SSSR count). The molecule has 0 spiro atoms. The Balaban J connectivity index is -0.0000000910. The summed E-state index contributed by atoms with van der Waals surface area (Å²) in [5, 5.41) is 8.05. The van der Waals surface area contributed by atoms with Crippen molar-refractivity contribution >= 4 is 29.0 Å². The van der Waals surface area contributed by atoms with Gasteiger partial charge in [-0.15, -0.1) is 0 Å². The Morgan fingerprint density at radius 2 is 1.40 bits per heavy atom. The average Bonchev–Trinajstić information content (AvgIpc) is 1.19. The highest BCUT2D eigenvalue weighted by Crippen LogP contribution is 2.12. The molecule has 0 radical (unpaired) electrons. The zero-order valence-corrected chi connectivity index (χ0v) is 7.62. The van der Waals surface area contributed by atoms with E-state index < -0.39 is 4.52 Å². The Bertz CT molecular complexity index is 77.4. The van der Waals surface area contributed by atoms with Crippen molar-refractivity contribution < 1.29 is 15.4 Å². The summed E-state index contributed by atoms with van der Waals surface area (Å²) in [5.74, 6) is 0.167. The third kappa shape index (κ3) is 14500. The molecule has 0 bridgehead atoms. The van der Waals surface area contributed by atoms with Crippen molar-refractivity contribution in [2.45, 2.75) is 25.3 Å². The molecule has 0 aliphatic heterocycles. The Kier molecular flexibility index (Phi) is 12.1. The minimum atomic E-state index is -1.56. The molecule has 0 amide bonds. The molecule has 0 saturated heterocycles. The maximum absolute atomic E-state index is 9.44. The van der Waals surface area contributed by atoms with Gasteiger partial charge < -0.3 is 15.4 Å². The smallest absolute Gasteiger partial charge is 0.212 e. The second-order valence-electron chi connectivity index (χ2n) is 1.75. The molecule has 0 aromatic heterocycles. The van der Waals surface area contributed by atoms with Crippen LogP contribution in [-0.4, -0.2) is 20.9 Å². The van der Waals surface area contributed by atoms with Crippen molar-refractivity contribution in [3.8, 4) is 0 Å². The van der Waals surface area contributed by atoms with Gasteiger partial charge in [0, 0.05) is 0 Å². The van der Waals surface area contributed by atoms with Gasteiger partial charge in [0.1, 0.15) is 5.78 Å². The van der Waals surface area contributed by atoms with Crippen LogP contribution >= 0.6 is 23.2 Å². The van der Waals surface area contributed by atoms with E-state index in [1.54, 1.807) is 0 Å². The van der Waals surface area contributed by atoms with E-state index in [1.807, 2.05) is 0 Å². The van der Waals surface area contributed by atoms with Gasteiger partial charge >= 0.3 is 0 Å². The SMILES string of the molecule is CC(C)=O.CC(O)(Cl)Cl.O. The first-order valence-corrected chi connectivity index (χ1v) is 3.06. The Morgan fingerprint density at radius 3 is 1.40 bits per heavy atom. The summed E-state index contributed by atoms with van der Waals surface area (Å²) >= 11 is 9.70. The van der Waals surface area contributed by atoms with E-state index in [2.05, 4.69) is 0 Å². The zero-order valence-electron chi connectivity index (χ0n) is 6.11. The highest BCUT2D eigenvalue weighted by atomic mass is 35.5. The third-order valence-corrected chi connectivity index (χ3v) is 0. The summed E-state index contributed by atoms with van der Waals surface area (Å²) in [4.78, 5) is 9.44. The van der Waals surface area contributed by atoms with Crippen LogP contribution in [0.5, 0.6) is 0 Å². The van der Waals surface area contributed by atoms with E-state index in [9.17, 15) is 4.79 Å². The molecule has 0 atom stereocenters. The number of rotatable bonds is 0. The molecule has 10 heavy (non-hydrogen) atoms. The first-order valence-electron chi connectivity index (χ1n) is 2.31. The number of carbonyl (C=O) groups is 1. The number of alkyl halides is 2. The molecule has 5 heteroatoms. The lowest BCUT2D eigenvalue weighted by Gasteiger charge is -1.97. The van der Waals surface area contributed by atoms with E-state index in [4.69, 9.17) is 28.3 Å². The number of halogens is 2. The lowest BCUT2D eigenvalue weighted by atomic mass is 10.6. The summed E-state index contributed by atoms with van der Waals surface area (Å²) in [6, 6.07) is 0. The Hall–Kier alpha value is 0.170. The van der Waals surface area contributed by atoms with E-state index in [0.717, 1.165) is 0 Å². The molecule has 0 aliphatic carbocycles. The monoisotopic (exact) mass is 190 g/mol. The van der Waals surface area contributed by atoms with Gasteiger partial charge in [0.2, 0.25) is 4.52 Å². The van der Waals surface area contributed by atoms with E-state index in [-0.39, 0.29) is 11.3 Å². The Morgan fingerprint density at radius 1 is 1.40 bits per heavy atom. The van der Waals surface area contributed by atoms with Gasteiger partial charge in [-0.1, -0.05) is 23.2 Å². The van der Waals surface area contributed by atoms with Crippen molar-refractivity contribution in [3.05, 3.63) is 0 Å². The number of aliphatic hydroxyl groups is 1. The molecule has 0 unspecified atom stereocenters. The van der Waals surface area contributed by atoms with Crippen LogP contribution in [0.3, 0.4) is 0 Å². The van der Waals surface area contributed by atoms with Crippen LogP contribution in [0.15, 0.2) is 0 Å². The summed E-state index contributed by atoms with van der Waals surface area (Å²) < 4.78 is -1.56. The minimum absolute atomic E-state index is 0. The molecule has 0 fully saturated rings. The fourth-order valence-corrected chi connectivity index (χ4v) is 0. The number of hydrogen-bond donors (Lipinski definition) is 1. The van der Waals surface area contributed by atoms with Gasteiger partial charge in [0.15, 0.2) is 0 Å². The molecular weight excluding hydrogens is 179 g/mol. The summed E-state index contributed by atoms with van der Waals surface area (Å²) in [6.07, 6.45) is 0. The second kappa shape index (κ2) is 7.28. The number of ketones is 1. The minimum Gasteiger partial charge on any atom is -0.412 e. The molecule has 3 N–H and O–H groups in total. The van der Waals surface area contributed by atoms with Gasteiger partial charge in [0.05, 0.1) is 0 Å². The lowest BCUT2D eigenvalue weighted by Crippen LogP contribution is -2.00. The Labute approximate surface area is 70.2 Å². The lowest BCUT2D eigenvalue weighted by molar-refractivity contribution is -0.114. The van der Waals surface area contributed by atoms with Crippen molar-refractivity contribution in [1.29, 1.82) is 0 Å². The van der Waals surface area contributed by atoms with Crippen LogP contribution in [0.4, 0.5) is 0 Å². The average molecular weight is 191 g/mol. The molecule has 3 nitrogen and oxygen atoms in total. The third-order valence-electron chi connectivity index (χ3n) is 0. The van der Waals surface area contributed by atoms with Crippen molar-refractivity contribution in [1.82, 2.24) is 0 Å². The molecule has 0 heterocycles. The van der Waals surface area contributed by atoms with Crippen molar-refractivity contribution in [3.63, 3.8) is 0 Å².